The number of nitrogens with one attached hydrogen (secondary N) is 1. The van der Waals surface area contributed by atoms with E-state index in [4.69, 9.17) is 9.47 Å². The molecule has 1 aliphatic rings. The molecule has 0 bridgehead atoms. The Morgan fingerprint density at radius 1 is 1.14 bits per heavy atom. The molecule has 0 spiro atoms. The van der Waals surface area contributed by atoms with Crippen LogP contribution in [0.4, 0.5) is 0 Å². The average Bonchev–Trinajstić information content (AvgIpc) is 2.52. The van der Waals surface area contributed by atoms with Gasteiger partial charge in [0.15, 0.2) is 11.5 Å². The van der Waals surface area contributed by atoms with Crippen LogP contribution in [0.25, 0.3) is 0 Å². The topological polar surface area (TPSA) is 43.4 Å². The lowest BCUT2D eigenvalue weighted by Crippen LogP contribution is -2.30. The van der Waals surface area contributed by atoms with E-state index in [0.717, 1.165) is 34.5 Å². The van der Waals surface area contributed by atoms with Gasteiger partial charge in [0.2, 0.25) is 0 Å². The molecule has 0 radical (unpaired) electrons. The smallest absolute Gasteiger partial charge is 0.161 e. The number of benzene rings is 1. The van der Waals surface area contributed by atoms with Gasteiger partial charge in [0.25, 0.3) is 0 Å². The van der Waals surface area contributed by atoms with E-state index in [1.807, 2.05) is 6.20 Å². The number of fused-ring (bicyclic) bond motifs is 1. The molecule has 0 amide bonds. The highest BCUT2D eigenvalue weighted by Gasteiger charge is 2.24. The van der Waals surface area contributed by atoms with Crippen molar-refractivity contribution in [1.29, 1.82) is 0 Å². The summed E-state index contributed by atoms with van der Waals surface area (Å²) in [5.74, 6) is 1.54. The molecule has 2 aromatic rings. The molecule has 0 saturated heterocycles. The Hall–Kier alpha value is -1.59. The molecule has 0 fully saturated rings. The molecule has 5 heteroatoms. The molecule has 0 saturated carbocycles. The monoisotopic (exact) mass is 348 g/mol. The summed E-state index contributed by atoms with van der Waals surface area (Å²) in [4.78, 5) is 4.27. The van der Waals surface area contributed by atoms with Crippen LogP contribution in [0.2, 0.25) is 0 Å². The molecule has 1 aromatic heterocycles. The highest BCUT2D eigenvalue weighted by atomic mass is 79.9. The maximum Gasteiger partial charge on any atom is 0.161 e. The zero-order chi connectivity index (χ0) is 14.8. The Labute approximate surface area is 132 Å². The number of nitrogens with zero attached hydrogens (tertiary/aromatic N) is 1. The Bertz CT molecular complexity index is 661. The molecule has 1 unspecified atom stereocenters. The average molecular weight is 349 g/mol. The van der Waals surface area contributed by atoms with Crippen LogP contribution in [0, 0.1) is 0 Å². The summed E-state index contributed by atoms with van der Waals surface area (Å²) >= 11 is 3.48. The summed E-state index contributed by atoms with van der Waals surface area (Å²) in [6.45, 7) is 0.930. The predicted molar refractivity (Wildman–Crippen MR) is 85.0 cm³/mol. The van der Waals surface area contributed by atoms with Gasteiger partial charge in [0.05, 0.1) is 20.3 Å². The number of halogens is 1. The van der Waals surface area contributed by atoms with Crippen LogP contribution in [0.1, 0.15) is 22.7 Å². The van der Waals surface area contributed by atoms with Crippen molar-refractivity contribution in [2.45, 2.75) is 12.5 Å². The summed E-state index contributed by atoms with van der Waals surface area (Å²) in [5.41, 5.74) is 3.65. The van der Waals surface area contributed by atoms with Crippen molar-refractivity contribution in [3.05, 3.63) is 51.8 Å². The molecule has 21 heavy (non-hydrogen) atoms. The number of aromatic nitrogens is 1. The first kappa shape index (κ1) is 14.4. The molecular formula is C16H17BrN2O2. The second kappa shape index (κ2) is 6.03. The zero-order valence-corrected chi connectivity index (χ0v) is 13.6. The zero-order valence-electron chi connectivity index (χ0n) is 12.0. The van der Waals surface area contributed by atoms with Crippen LogP contribution in [-0.4, -0.2) is 25.7 Å². The van der Waals surface area contributed by atoms with Gasteiger partial charge in [0, 0.05) is 23.4 Å². The van der Waals surface area contributed by atoms with Crippen LogP contribution in [0.5, 0.6) is 11.5 Å². The van der Waals surface area contributed by atoms with Gasteiger partial charge in [-0.3, -0.25) is 4.98 Å². The molecular weight excluding hydrogens is 332 g/mol. The van der Waals surface area contributed by atoms with Crippen LogP contribution in [-0.2, 0) is 6.42 Å². The van der Waals surface area contributed by atoms with E-state index >= 15 is 0 Å². The van der Waals surface area contributed by atoms with Crippen molar-refractivity contribution < 1.29 is 9.47 Å². The van der Waals surface area contributed by atoms with Gasteiger partial charge < -0.3 is 14.8 Å². The van der Waals surface area contributed by atoms with E-state index in [9.17, 15) is 0 Å². The standard InChI is InChI=1S/C16H17BrN2O2/c1-20-14-6-10-3-4-19-16(13(10)7-15(14)21-2)11-5-12(17)9-18-8-11/h5-9,16,19H,3-4H2,1-2H3. The van der Waals surface area contributed by atoms with Crippen molar-refractivity contribution in [1.82, 2.24) is 10.3 Å². The van der Waals surface area contributed by atoms with Gasteiger partial charge in [-0.1, -0.05) is 0 Å². The fourth-order valence-electron chi connectivity index (χ4n) is 2.77. The number of ether oxygens (including phenoxy) is 2. The fraction of sp³-hybridized carbons (Fsp3) is 0.312. The normalized spacial score (nSPS) is 17.2. The number of hydrogen-bond donors (Lipinski definition) is 1. The molecule has 1 aromatic carbocycles. The van der Waals surface area contributed by atoms with Crippen molar-refractivity contribution in [2.75, 3.05) is 20.8 Å². The molecule has 1 atom stereocenters. The Balaban J connectivity index is 2.09. The van der Waals surface area contributed by atoms with Crippen molar-refractivity contribution in [3.8, 4) is 11.5 Å². The van der Waals surface area contributed by atoms with Crippen LogP contribution in [0.15, 0.2) is 35.1 Å². The SMILES string of the molecule is COc1cc2c(cc1OC)C(c1cncc(Br)c1)NCC2. The second-order valence-corrected chi connectivity index (χ2v) is 5.90. The Morgan fingerprint density at radius 3 is 2.62 bits per heavy atom. The van der Waals surface area contributed by atoms with Gasteiger partial charge in [-0.05, 0) is 57.2 Å². The first-order chi connectivity index (χ1) is 10.2. The maximum absolute atomic E-state index is 5.43. The van der Waals surface area contributed by atoms with Crippen molar-refractivity contribution in [2.24, 2.45) is 0 Å². The Kier molecular flexibility index (Phi) is 4.12. The second-order valence-electron chi connectivity index (χ2n) is 4.98. The third-order valence-electron chi connectivity index (χ3n) is 3.76. The number of rotatable bonds is 3. The van der Waals surface area contributed by atoms with E-state index in [0.29, 0.717) is 0 Å². The minimum absolute atomic E-state index is 0.124. The van der Waals surface area contributed by atoms with Gasteiger partial charge >= 0.3 is 0 Å². The van der Waals surface area contributed by atoms with Crippen molar-refractivity contribution in [3.63, 3.8) is 0 Å². The number of hydrogen-bond acceptors (Lipinski definition) is 4. The lowest BCUT2D eigenvalue weighted by molar-refractivity contribution is 0.353. The number of methoxy groups -OCH3 is 2. The van der Waals surface area contributed by atoms with Crippen LogP contribution >= 0.6 is 15.9 Å². The minimum atomic E-state index is 0.124. The predicted octanol–water partition coefficient (Wildman–Crippen LogP) is 3.10. The lowest BCUT2D eigenvalue weighted by Gasteiger charge is -2.28. The molecule has 2 heterocycles. The summed E-state index contributed by atoms with van der Waals surface area (Å²) in [6, 6.07) is 6.36. The summed E-state index contributed by atoms with van der Waals surface area (Å²) in [6.07, 6.45) is 4.67. The van der Waals surface area contributed by atoms with Gasteiger partial charge in [-0.2, -0.15) is 0 Å². The van der Waals surface area contributed by atoms with Crippen LogP contribution < -0.4 is 14.8 Å². The Morgan fingerprint density at radius 2 is 1.90 bits per heavy atom. The van der Waals surface area contributed by atoms with Gasteiger partial charge in [-0.25, -0.2) is 0 Å². The molecule has 0 aliphatic carbocycles. The third-order valence-corrected chi connectivity index (χ3v) is 4.19. The van der Waals surface area contributed by atoms with E-state index in [-0.39, 0.29) is 6.04 Å². The summed E-state index contributed by atoms with van der Waals surface area (Å²) in [5, 5.41) is 3.55. The first-order valence-corrected chi connectivity index (χ1v) is 7.61. The lowest BCUT2D eigenvalue weighted by atomic mass is 9.90. The van der Waals surface area contributed by atoms with E-state index < -0.39 is 0 Å². The van der Waals surface area contributed by atoms with Gasteiger partial charge in [0.1, 0.15) is 0 Å². The molecule has 1 N–H and O–H groups in total. The number of pyridine rings is 1. The highest BCUT2D eigenvalue weighted by molar-refractivity contribution is 9.10. The molecule has 3 rings (SSSR count). The van der Waals surface area contributed by atoms with Crippen LogP contribution in [0.3, 0.4) is 0 Å². The maximum atomic E-state index is 5.43. The highest BCUT2D eigenvalue weighted by Crippen LogP contribution is 2.37. The largest absolute Gasteiger partial charge is 0.493 e. The molecule has 1 aliphatic heterocycles. The molecule has 4 nitrogen and oxygen atoms in total. The quantitative estimate of drug-likeness (QED) is 0.925. The van der Waals surface area contributed by atoms with E-state index in [1.165, 1.54) is 11.1 Å². The van der Waals surface area contributed by atoms with Gasteiger partial charge in [-0.15, -0.1) is 0 Å². The summed E-state index contributed by atoms with van der Waals surface area (Å²) < 4.78 is 11.8. The van der Waals surface area contributed by atoms with E-state index in [1.54, 1.807) is 20.4 Å². The van der Waals surface area contributed by atoms with Crippen molar-refractivity contribution >= 4 is 15.9 Å². The minimum Gasteiger partial charge on any atom is -0.493 e. The molecule has 110 valence electrons. The third kappa shape index (κ3) is 2.76. The fourth-order valence-corrected chi connectivity index (χ4v) is 3.15. The summed E-state index contributed by atoms with van der Waals surface area (Å²) in [7, 11) is 3.33. The van der Waals surface area contributed by atoms with E-state index in [2.05, 4.69) is 44.4 Å². The first-order valence-electron chi connectivity index (χ1n) is 6.81.